The molecule has 0 aliphatic heterocycles. The largest absolute Gasteiger partial charge is 0.480 e. The first-order valence-corrected chi connectivity index (χ1v) is 6.72. The molecule has 0 aliphatic carbocycles. The van der Waals surface area contributed by atoms with Crippen LogP contribution in [0.25, 0.3) is 0 Å². The molecule has 2 N–H and O–H groups in total. The molecular formula is C15H17NO7. The van der Waals surface area contributed by atoms with Gasteiger partial charge in [-0.25, -0.2) is 4.79 Å². The molecule has 1 aromatic rings. The Bertz CT molecular complexity index is 612. The zero-order chi connectivity index (χ0) is 17.4. The van der Waals surface area contributed by atoms with E-state index in [4.69, 9.17) is 9.84 Å². The summed E-state index contributed by atoms with van der Waals surface area (Å²) in [7, 11) is 1.19. The van der Waals surface area contributed by atoms with E-state index in [1.807, 2.05) is 0 Å². The number of aliphatic carboxylic acids is 1. The van der Waals surface area contributed by atoms with Crippen molar-refractivity contribution in [2.75, 3.05) is 7.11 Å². The van der Waals surface area contributed by atoms with Crippen LogP contribution in [0.3, 0.4) is 0 Å². The van der Waals surface area contributed by atoms with Crippen LogP contribution in [0.1, 0.15) is 30.1 Å². The zero-order valence-corrected chi connectivity index (χ0v) is 12.7. The zero-order valence-electron chi connectivity index (χ0n) is 12.7. The van der Waals surface area contributed by atoms with Crippen LogP contribution in [-0.2, 0) is 19.1 Å². The second-order valence-corrected chi connectivity index (χ2v) is 4.60. The minimum atomic E-state index is -1.27. The number of carbonyl (C=O) groups excluding carboxylic acids is 3. The average Bonchev–Trinajstić information content (AvgIpc) is 2.50. The molecule has 23 heavy (non-hydrogen) atoms. The van der Waals surface area contributed by atoms with Crippen LogP contribution in [-0.4, -0.2) is 42.1 Å². The quantitative estimate of drug-likeness (QED) is 0.561. The second-order valence-electron chi connectivity index (χ2n) is 4.60. The number of nitrogens with one attached hydrogen (secondary N) is 1. The van der Waals surface area contributed by atoms with Gasteiger partial charge in [-0.1, -0.05) is 6.07 Å². The van der Waals surface area contributed by atoms with Crippen molar-refractivity contribution >= 4 is 23.8 Å². The summed E-state index contributed by atoms with van der Waals surface area (Å²) < 4.78 is 9.28. The van der Waals surface area contributed by atoms with Gasteiger partial charge in [0, 0.05) is 18.9 Å². The van der Waals surface area contributed by atoms with E-state index in [9.17, 15) is 19.2 Å². The van der Waals surface area contributed by atoms with E-state index in [1.165, 1.54) is 38.3 Å². The molecule has 0 unspecified atom stereocenters. The molecule has 1 amide bonds. The van der Waals surface area contributed by atoms with Crippen LogP contribution in [0.5, 0.6) is 5.75 Å². The topological polar surface area (TPSA) is 119 Å². The molecule has 0 bridgehead atoms. The average molecular weight is 323 g/mol. The third-order valence-electron chi connectivity index (χ3n) is 2.83. The van der Waals surface area contributed by atoms with E-state index in [-0.39, 0.29) is 24.2 Å². The number of methoxy groups -OCH3 is 1. The Labute approximate surface area is 132 Å². The number of esters is 2. The molecule has 1 atom stereocenters. The van der Waals surface area contributed by atoms with Crippen LogP contribution < -0.4 is 10.1 Å². The number of ether oxygens (including phenoxy) is 2. The lowest BCUT2D eigenvalue weighted by atomic mass is 10.1. The van der Waals surface area contributed by atoms with Gasteiger partial charge in [0.15, 0.2) is 0 Å². The van der Waals surface area contributed by atoms with E-state index < -0.39 is 29.9 Å². The van der Waals surface area contributed by atoms with Gasteiger partial charge in [-0.2, -0.15) is 0 Å². The molecule has 0 aromatic heterocycles. The second kappa shape index (κ2) is 8.52. The van der Waals surface area contributed by atoms with Gasteiger partial charge in [-0.05, 0) is 24.6 Å². The van der Waals surface area contributed by atoms with Crippen LogP contribution in [0.15, 0.2) is 24.3 Å². The van der Waals surface area contributed by atoms with E-state index in [0.717, 1.165) is 0 Å². The Kier molecular flexibility index (Phi) is 6.72. The molecule has 1 aromatic carbocycles. The SMILES string of the molecule is COC(=O)CC[C@H](NC(=O)c1cccc(OC(C)=O)c1)C(=O)O. The van der Waals surface area contributed by atoms with Crippen molar-refractivity contribution in [1.82, 2.24) is 5.32 Å². The van der Waals surface area contributed by atoms with Crippen molar-refractivity contribution in [3.63, 3.8) is 0 Å². The number of amides is 1. The van der Waals surface area contributed by atoms with Crippen LogP contribution in [0, 0.1) is 0 Å². The number of carboxylic acid groups (broad SMARTS) is 1. The number of benzene rings is 1. The highest BCUT2D eigenvalue weighted by atomic mass is 16.5. The van der Waals surface area contributed by atoms with Crippen molar-refractivity contribution in [3.05, 3.63) is 29.8 Å². The lowest BCUT2D eigenvalue weighted by molar-refractivity contribution is -0.142. The third kappa shape index (κ3) is 6.16. The van der Waals surface area contributed by atoms with Gasteiger partial charge in [0.25, 0.3) is 5.91 Å². The van der Waals surface area contributed by atoms with Gasteiger partial charge < -0.3 is 19.9 Å². The summed E-state index contributed by atoms with van der Waals surface area (Å²) in [6, 6.07) is 4.51. The van der Waals surface area contributed by atoms with Gasteiger partial charge in [0.2, 0.25) is 0 Å². The normalized spacial score (nSPS) is 11.2. The van der Waals surface area contributed by atoms with E-state index in [0.29, 0.717) is 0 Å². The standard InChI is InChI=1S/C15H17NO7/c1-9(17)23-11-5-3-4-10(8-11)14(19)16-12(15(20)21)6-7-13(18)22-2/h3-5,8,12H,6-7H2,1-2H3,(H,16,19)(H,20,21)/t12-/m0/s1. The van der Waals surface area contributed by atoms with E-state index in [2.05, 4.69) is 10.1 Å². The van der Waals surface area contributed by atoms with E-state index >= 15 is 0 Å². The van der Waals surface area contributed by atoms with Gasteiger partial charge in [-0.15, -0.1) is 0 Å². The fourth-order valence-electron chi connectivity index (χ4n) is 1.73. The number of hydrogen-bond acceptors (Lipinski definition) is 6. The van der Waals surface area contributed by atoms with Crippen LogP contribution >= 0.6 is 0 Å². The summed E-state index contributed by atoms with van der Waals surface area (Å²) in [6.07, 6.45) is -0.237. The maximum absolute atomic E-state index is 12.1. The van der Waals surface area contributed by atoms with Crippen molar-refractivity contribution < 1.29 is 33.8 Å². The molecule has 8 heteroatoms. The van der Waals surface area contributed by atoms with Crippen molar-refractivity contribution in [3.8, 4) is 5.75 Å². The van der Waals surface area contributed by atoms with Crippen LogP contribution in [0.2, 0.25) is 0 Å². The number of carboxylic acids is 1. The highest BCUT2D eigenvalue weighted by molar-refractivity contribution is 5.97. The molecule has 0 fully saturated rings. The predicted octanol–water partition coefficient (Wildman–Crippen LogP) is 0.748. The maximum Gasteiger partial charge on any atom is 0.326 e. The molecule has 0 saturated heterocycles. The molecule has 0 spiro atoms. The summed E-state index contributed by atoms with van der Waals surface area (Å²) in [4.78, 5) is 45.2. The van der Waals surface area contributed by atoms with E-state index in [1.54, 1.807) is 0 Å². The van der Waals surface area contributed by atoms with Gasteiger partial charge in [0.1, 0.15) is 11.8 Å². The highest BCUT2D eigenvalue weighted by Gasteiger charge is 2.22. The Balaban J connectivity index is 2.76. The Morgan fingerprint density at radius 2 is 1.96 bits per heavy atom. The first-order valence-electron chi connectivity index (χ1n) is 6.72. The molecule has 8 nitrogen and oxygen atoms in total. The third-order valence-corrected chi connectivity index (χ3v) is 2.83. The molecule has 0 aliphatic rings. The lowest BCUT2D eigenvalue weighted by Crippen LogP contribution is -2.41. The first kappa shape index (κ1) is 18.1. The summed E-state index contributed by atoms with van der Waals surface area (Å²) in [5.74, 6) is -2.85. The smallest absolute Gasteiger partial charge is 0.326 e. The summed E-state index contributed by atoms with van der Waals surface area (Å²) >= 11 is 0. The number of carbonyl (C=O) groups is 4. The fourth-order valence-corrected chi connectivity index (χ4v) is 1.73. The minimum Gasteiger partial charge on any atom is -0.480 e. The molecule has 0 radical (unpaired) electrons. The Morgan fingerprint density at radius 1 is 1.26 bits per heavy atom. The summed E-state index contributed by atoms with van der Waals surface area (Å²) in [5, 5.41) is 11.4. The number of hydrogen-bond donors (Lipinski definition) is 2. The van der Waals surface area contributed by atoms with Gasteiger partial charge in [0.05, 0.1) is 7.11 Å². The van der Waals surface area contributed by atoms with Crippen LogP contribution in [0.4, 0.5) is 0 Å². The summed E-state index contributed by atoms with van der Waals surface area (Å²) in [6.45, 7) is 1.22. The van der Waals surface area contributed by atoms with Gasteiger partial charge >= 0.3 is 17.9 Å². The van der Waals surface area contributed by atoms with Crippen molar-refractivity contribution in [2.24, 2.45) is 0 Å². The lowest BCUT2D eigenvalue weighted by Gasteiger charge is -2.14. The predicted molar refractivity (Wildman–Crippen MR) is 77.9 cm³/mol. The first-order chi connectivity index (χ1) is 10.8. The Hall–Kier alpha value is -2.90. The van der Waals surface area contributed by atoms with Gasteiger partial charge in [-0.3, -0.25) is 14.4 Å². The molecule has 1 rings (SSSR count). The minimum absolute atomic E-state index is 0.0998. The monoisotopic (exact) mass is 323 g/mol. The highest BCUT2D eigenvalue weighted by Crippen LogP contribution is 2.14. The summed E-state index contributed by atoms with van der Waals surface area (Å²) in [5.41, 5.74) is 0.132. The fraction of sp³-hybridized carbons (Fsp3) is 0.333. The Morgan fingerprint density at radius 3 is 2.52 bits per heavy atom. The molecular weight excluding hydrogens is 306 g/mol. The molecule has 0 heterocycles. The maximum atomic E-state index is 12.1. The van der Waals surface area contributed by atoms with Crippen molar-refractivity contribution in [2.45, 2.75) is 25.8 Å². The van der Waals surface area contributed by atoms with Crippen molar-refractivity contribution in [1.29, 1.82) is 0 Å². The molecule has 0 saturated carbocycles. The number of rotatable bonds is 7. The molecule has 124 valence electrons.